The average Bonchev–Trinajstić information content (AvgIpc) is 2.95. The maximum atomic E-state index is 12.5. The fourth-order valence-corrected chi connectivity index (χ4v) is 3.03. The van der Waals surface area contributed by atoms with Gasteiger partial charge in [0.05, 0.1) is 7.11 Å². The molecular weight excluding hydrogens is 322 g/mol. The number of fused-ring (bicyclic) bond motifs is 1. The molecule has 1 atom stereocenters. The van der Waals surface area contributed by atoms with Crippen LogP contribution in [0.25, 0.3) is 0 Å². The number of esters is 1. The van der Waals surface area contributed by atoms with E-state index in [-0.39, 0.29) is 23.3 Å². The number of phenolic OH excluding ortho intramolecular Hbond substituents is 1. The van der Waals surface area contributed by atoms with Gasteiger partial charge in [-0.15, -0.1) is 0 Å². The van der Waals surface area contributed by atoms with Gasteiger partial charge in [0.1, 0.15) is 17.1 Å². The van der Waals surface area contributed by atoms with E-state index < -0.39 is 12.6 Å². The van der Waals surface area contributed by atoms with Crippen LogP contribution >= 0.6 is 0 Å². The SMILES string of the molecule is COc1ccc(O)c(C(=O)OCC(=O)N2c3ccccc3C[C@H]2C)c1. The quantitative estimate of drug-likeness (QED) is 0.865. The average molecular weight is 341 g/mol. The second kappa shape index (κ2) is 6.84. The molecule has 0 unspecified atom stereocenters. The Bertz CT molecular complexity index is 817. The minimum Gasteiger partial charge on any atom is -0.507 e. The van der Waals surface area contributed by atoms with E-state index in [1.165, 1.54) is 25.3 Å². The normalized spacial score (nSPS) is 15.6. The van der Waals surface area contributed by atoms with Crippen LogP contribution in [0.5, 0.6) is 11.5 Å². The monoisotopic (exact) mass is 341 g/mol. The van der Waals surface area contributed by atoms with Crippen molar-refractivity contribution < 1.29 is 24.2 Å². The minimum atomic E-state index is -0.773. The molecule has 1 heterocycles. The Hall–Kier alpha value is -3.02. The van der Waals surface area contributed by atoms with Crippen molar-refractivity contribution >= 4 is 17.6 Å². The molecule has 0 saturated carbocycles. The van der Waals surface area contributed by atoms with Gasteiger partial charge in [0.25, 0.3) is 5.91 Å². The van der Waals surface area contributed by atoms with Crippen molar-refractivity contribution in [1.29, 1.82) is 0 Å². The number of hydrogen-bond acceptors (Lipinski definition) is 5. The molecule has 0 aliphatic carbocycles. The van der Waals surface area contributed by atoms with Crippen molar-refractivity contribution in [2.75, 3.05) is 18.6 Å². The van der Waals surface area contributed by atoms with Crippen LogP contribution in [0.15, 0.2) is 42.5 Å². The number of carbonyl (C=O) groups is 2. The second-order valence-corrected chi connectivity index (χ2v) is 5.90. The van der Waals surface area contributed by atoms with E-state index in [0.717, 1.165) is 17.7 Å². The second-order valence-electron chi connectivity index (χ2n) is 5.90. The maximum absolute atomic E-state index is 12.5. The van der Waals surface area contributed by atoms with Gasteiger partial charge in [-0.05, 0) is 43.2 Å². The molecule has 1 N–H and O–H groups in total. The van der Waals surface area contributed by atoms with Crippen LogP contribution in [0.2, 0.25) is 0 Å². The molecular formula is C19H19NO5. The number of rotatable bonds is 4. The number of nitrogens with zero attached hydrogens (tertiary/aromatic N) is 1. The molecule has 130 valence electrons. The number of methoxy groups -OCH3 is 1. The molecule has 0 saturated heterocycles. The van der Waals surface area contributed by atoms with Crippen molar-refractivity contribution in [2.24, 2.45) is 0 Å². The van der Waals surface area contributed by atoms with Crippen LogP contribution in [-0.2, 0) is 16.0 Å². The fourth-order valence-electron chi connectivity index (χ4n) is 3.03. The lowest BCUT2D eigenvalue weighted by molar-refractivity contribution is -0.122. The molecule has 0 radical (unpaired) electrons. The van der Waals surface area contributed by atoms with Crippen molar-refractivity contribution in [3.8, 4) is 11.5 Å². The first kappa shape index (κ1) is 16.8. The standard InChI is InChI=1S/C19H19NO5/c1-12-9-13-5-3-4-6-16(13)20(12)18(22)11-25-19(23)15-10-14(24-2)7-8-17(15)21/h3-8,10,12,21H,9,11H2,1-2H3/t12-/m1/s1. The number of phenols is 1. The Morgan fingerprint density at radius 2 is 2.00 bits per heavy atom. The predicted octanol–water partition coefficient (Wildman–Crippen LogP) is 2.54. The lowest BCUT2D eigenvalue weighted by Crippen LogP contribution is -2.38. The number of amides is 1. The van der Waals surface area contributed by atoms with Crippen LogP contribution in [0.3, 0.4) is 0 Å². The Labute approximate surface area is 145 Å². The number of carbonyl (C=O) groups excluding carboxylic acids is 2. The van der Waals surface area contributed by atoms with Gasteiger partial charge in [-0.1, -0.05) is 18.2 Å². The number of benzene rings is 2. The number of para-hydroxylation sites is 1. The molecule has 6 nitrogen and oxygen atoms in total. The van der Waals surface area contributed by atoms with Crippen LogP contribution in [0.4, 0.5) is 5.69 Å². The molecule has 6 heteroatoms. The van der Waals surface area contributed by atoms with Gasteiger partial charge < -0.3 is 19.5 Å². The fraction of sp³-hybridized carbons (Fsp3) is 0.263. The molecule has 2 aromatic rings. The van der Waals surface area contributed by atoms with Gasteiger partial charge >= 0.3 is 5.97 Å². The summed E-state index contributed by atoms with van der Waals surface area (Å²) in [7, 11) is 1.46. The predicted molar refractivity (Wildman–Crippen MR) is 92.0 cm³/mol. The zero-order chi connectivity index (χ0) is 18.0. The van der Waals surface area contributed by atoms with E-state index in [0.29, 0.717) is 5.75 Å². The van der Waals surface area contributed by atoms with Gasteiger partial charge in [0.15, 0.2) is 6.61 Å². The number of ether oxygens (including phenoxy) is 2. The molecule has 2 aromatic carbocycles. The zero-order valence-corrected chi connectivity index (χ0v) is 14.1. The highest BCUT2D eigenvalue weighted by atomic mass is 16.5. The van der Waals surface area contributed by atoms with Gasteiger partial charge in [-0.25, -0.2) is 4.79 Å². The van der Waals surface area contributed by atoms with Gasteiger partial charge in [-0.2, -0.15) is 0 Å². The summed E-state index contributed by atoms with van der Waals surface area (Å²) in [6.45, 7) is 1.56. The lowest BCUT2D eigenvalue weighted by atomic mass is 10.1. The van der Waals surface area contributed by atoms with Gasteiger partial charge in [0.2, 0.25) is 0 Å². The summed E-state index contributed by atoms with van der Waals surface area (Å²) in [6, 6.07) is 11.9. The molecule has 0 spiro atoms. The van der Waals surface area contributed by atoms with Crippen LogP contribution in [0.1, 0.15) is 22.8 Å². The summed E-state index contributed by atoms with van der Waals surface area (Å²) in [4.78, 5) is 26.3. The Kier molecular flexibility index (Phi) is 4.61. The maximum Gasteiger partial charge on any atom is 0.342 e. The molecule has 3 rings (SSSR count). The van der Waals surface area contributed by atoms with Crippen LogP contribution < -0.4 is 9.64 Å². The highest BCUT2D eigenvalue weighted by Crippen LogP contribution is 2.32. The molecule has 0 aromatic heterocycles. The summed E-state index contributed by atoms with van der Waals surface area (Å²) in [5.74, 6) is -0.880. The Morgan fingerprint density at radius 1 is 1.24 bits per heavy atom. The zero-order valence-electron chi connectivity index (χ0n) is 14.1. The van der Waals surface area contributed by atoms with Crippen molar-refractivity contribution in [1.82, 2.24) is 0 Å². The third-order valence-corrected chi connectivity index (χ3v) is 4.23. The minimum absolute atomic E-state index is 0.00817. The molecule has 25 heavy (non-hydrogen) atoms. The molecule has 0 fully saturated rings. The summed E-state index contributed by atoms with van der Waals surface area (Å²) < 4.78 is 10.1. The summed E-state index contributed by atoms with van der Waals surface area (Å²) >= 11 is 0. The summed E-state index contributed by atoms with van der Waals surface area (Å²) in [5.41, 5.74) is 1.91. The van der Waals surface area contributed by atoms with Gasteiger partial charge in [0, 0.05) is 11.7 Å². The third-order valence-electron chi connectivity index (χ3n) is 4.23. The number of hydrogen-bond donors (Lipinski definition) is 1. The van der Waals surface area contributed by atoms with E-state index in [4.69, 9.17) is 9.47 Å². The Morgan fingerprint density at radius 3 is 2.76 bits per heavy atom. The number of anilines is 1. The van der Waals surface area contributed by atoms with Crippen molar-refractivity contribution in [3.05, 3.63) is 53.6 Å². The highest BCUT2D eigenvalue weighted by molar-refractivity contribution is 5.99. The third kappa shape index (κ3) is 3.28. The largest absolute Gasteiger partial charge is 0.507 e. The molecule has 1 aliphatic heterocycles. The van der Waals surface area contributed by atoms with Crippen molar-refractivity contribution in [2.45, 2.75) is 19.4 Å². The first-order valence-electron chi connectivity index (χ1n) is 7.95. The Balaban J connectivity index is 1.70. The van der Waals surface area contributed by atoms with E-state index in [1.54, 1.807) is 4.90 Å². The first-order chi connectivity index (χ1) is 12.0. The van der Waals surface area contributed by atoms with E-state index >= 15 is 0 Å². The molecule has 1 amide bonds. The number of aromatic hydroxyl groups is 1. The topological polar surface area (TPSA) is 76.1 Å². The lowest BCUT2D eigenvalue weighted by Gasteiger charge is -2.22. The smallest absolute Gasteiger partial charge is 0.342 e. The molecule has 1 aliphatic rings. The first-order valence-corrected chi connectivity index (χ1v) is 7.95. The van der Waals surface area contributed by atoms with Gasteiger partial charge in [-0.3, -0.25) is 4.79 Å². The highest BCUT2D eigenvalue weighted by Gasteiger charge is 2.31. The van der Waals surface area contributed by atoms with Crippen molar-refractivity contribution in [3.63, 3.8) is 0 Å². The van der Waals surface area contributed by atoms with Crippen LogP contribution in [-0.4, -0.2) is 36.7 Å². The van der Waals surface area contributed by atoms with E-state index in [2.05, 4.69) is 0 Å². The summed E-state index contributed by atoms with van der Waals surface area (Å²) in [5, 5.41) is 9.80. The van der Waals surface area contributed by atoms with Crippen LogP contribution in [0, 0.1) is 0 Å². The van der Waals surface area contributed by atoms with E-state index in [9.17, 15) is 14.7 Å². The summed E-state index contributed by atoms with van der Waals surface area (Å²) in [6.07, 6.45) is 0.770. The van der Waals surface area contributed by atoms with E-state index in [1.807, 2.05) is 31.2 Å². The molecule has 0 bridgehead atoms.